The van der Waals surface area contributed by atoms with Gasteiger partial charge in [0, 0.05) is 61.6 Å². The van der Waals surface area contributed by atoms with Gasteiger partial charge in [-0.15, -0.1) is 11.3 Å². The molecular weight excluding hydrogens is 400 g/mol. The van der Waals surface area contributed by atoms with Crippen molar-refractivity contribution in [2.24, 2.45) is 7.05 Å². The molecule has 10 heteroatoms. The standard InChI is InChI=1S/C18H23ClN6O2S/c1-23-15(12-28-17(23)20)11-24-6-8-25(9-7-24)16(26)10-21-18(27)22-14-4-2-13(19)3-5-14/h2-5,12,20H,6-11H2,1H3,(H2,21,22,27). The average Bonchev–Trinajstić information content (AvgIpc) is 3.00. The molecule has 28 heavy (non-hydrogen) atoms. The Balaban J connectivity index is 1.40. The maximum Gasteiger partial charge on any atom is 0.319 e. The number of nitrogens with one attached hydrogen (secondary N) is 3. The van der Waals surface area contributed by atoms with Crippen LogP contribution in [0.25, 0.3) is 0 Å². The van der Waals surface area contributed by atoms with Crippen LogP contribution < -0.4 is 15.4 Å². The fourth-order valence-electron chi connectivity index (χ4n) is 2.92. The number of halogens is 1. The fourth-order valence-corrected chi connectivity index (χ4v) is 3.80. The highest BCUT2D eigenvalue weighted by Crippen LogP contribution is 2.13. The molecule has 0 bridgehead atoms. The van der Waals surface area contributed by atoms with Gasteiger partial charge in [0.25, 0.3) is 0 Å². The number of anilines is 1. The number of carbonyl (C=O) groups is 2. The van der Waals surface area contributed by atoms with Crippen molar-refractivity contribution in [1.82, 2.24) is 19.7 Å². The molecule has 0 saturated carbocycles. The molecule has 150 valence electrons. The summed E-state index contributed by atoms with van der Waals surface area (Å²) in [5, 5.41) is 15.6. The lowest BCUT2D eigenvalue weighted by molar-refractivity contribution is -0.131. The number of piperazine rings is 1. The van der Waals surface area contributed by atoms with Gasteiger partial charge >= 0.3 is 6.03 Å². The van der Waals surface area contributed by atoms with Crippen molar-refractivity contribution in [3.8, 4) is 0 Å². The number of amides is 3. The maximum atomic E-state index is 12.3. The average molecular weight is 423 g/mol. The van der Waals surface area contributed by atoms with Crippen LogP contribution in [0.2, 0.25) is 5.02 Å². The van der Waals surface area contributed by atoms with Gasteiger partial charge in [0.1, 0.15) is 0 Å². The van der Waals surface area contributed by atoms with E-state index in [1.165, 1.54) is 11.3 Å². The topological polar surface area (TPSA) is 93.5 Å². The summed E-state index contributed by atoms with van der Waals surface area (Å²) in [6.07, 6.45) is 0. The number of hydrogen-bond donors (Lipinski definition) is 3. The van der Waals surface area contributed by atoms with Crippen LogP contribution in [0.4, 0.5) is 10.5 Å². The summed E-state index contributed by atoms with van der Waals surface area (Å²) < 4.78 is 1.88. The Morgan fingerprint density at radius 2 is 1.86 bits per heavy atom. The SMILES string of the molecule is Cn1c(CN2CCN(C(=O)CNC(=O)Nc3ccc(Cl)cc3)CC2)csc1=N. The van der Waals surface area contributed by atoms with Gasteiger partial charge in [-0.25, -0.2) is 4.79 Å². The Labute approximate surface area is 172 Å². The lowest BCUT2D eigenvalue weighted by atomic mass is 10.3. The molecule has 1 aliphatic heterocycles. The minimum absolute atomic E-state index is 0.0406. The Kier molecular flexibility index (Phi) is 6.71. The van der Waals surface area contributed by atoms with Crippen molar-refractivity contribution in [1.29, 1.82) is 5.41 Å². The summed E-state index contributed by atoms with van der Waals surface area (Å²) in [6.45, 7) is 3.52. The number of thiazole rings is 1. The Hall–Kier alpha value is -2.36. The van der Waals surface area contributed by atoms with Crippen LogP contribution in [-0.4, -0.2) is 59.0 Å². The number of carbonyl (C=O) groups excluding carboxylic acids is 2. The van der Waals surface area contributed by atoms with E-state index in [1.807, 2.05) is 17.0 Å². The lowest BCUT2D eigenvalue weighted by Gasteiger charge is -2.34. The van der Waals surface area contributed by atoms with Gasteiger partial charge in [0.2, 0.25) is 5.91 Å². The van der Waals surface area contributed by atoms with Gasteiger partial charge < -0.3 is 20.1 Å². The third kappa shape index (κ3) is 5.34. The minimum Gasteiger partial charge on any atom is -0.339 e. The number of rotatable bonds is 5. The summed E-state index contributed by atoms with van der Waals surface area (Å²) in [5.41, 5.74) is 1.72. The molecule has 1 aromatic carbocycles. The summed E-state index contributed by atoms with van der Waals surface area (Å²) in [6, 6.07) is 6.33. The van der Waals surface area contributed by atoms with Crippen molar-refractivity contribution in [3.63, 3.8) is 0 Å². The van der Waals surface area contributed by atoms with Crippen LogP contribution in [0.1, 0.15) is 5.69 Å². The van der Waals surface area contributed by atoms with Gasteiger partial charge in [0.05, 0.1) is 6.54 Å². The largest absolute Gasteiger partial charge is 0.339 e. The molecule has 3 amide bonds. The third-order valence-electron chi connectivity index (χ3n) is 4.65. The molecule has 0 atom stereocenters. The summed E-state index contributed by atoms with van der Waals surface area (Å²) in [5.74, 6) is -0.0968. The van der Waals surface area contributed by atoms with Crippen molar-refractivity contribution in [3.05, 3.63) is 45.2 Å². The van der Waals surface area contributed by atoms with E-state index in [0.29, 0.717) is 28.6 Å². The molecule has 0 spiro atoms. The van der Waals surface area contributed by atoms with Crippen LogP contribution in [0, 0.1) is 5.41 Å². The predicted octanol–water partition coefficient (Wildman–Crippen LogP) is 1.69. The molecular formula is C18H23ClN6O2S. The molecule has 3 rings (SSSR count). The minimum atomic E-state index is -0.425. The molecule has 1 fully saturated rings. The van der Waals surface area contributed by atoms with Crippen molar-refractivity contribution >= 4 is 40.6 Å². The second-order valence-electron chi connectivity index (χ2n) is 6.56. The van der Waals surface area contributed by atoms with Crippen LogP contribution in [-0.2, 0) is 18.4 Å². The quantitative estimate of drug-likeness (QED) is 0.684. The van der Waals surface area contributed by atoms with Crippen molar-refractivity contribution in [2.45, 2.75) is 6.54 Å². The molecule has 0 aliphatic carbocycles. The summed E-state index contributed by atoms with van der Waals surface area (Å²) in [4.78, 5) is 28.8. The number of nitrogens with zero attached hydrogens (tertiary/aromatic N) is 3. The summed E-state index contributed by atoms with van der Waals surface area (Å²) in [7, 11) is 1.90. The Morgan fingerprint density at radius 3 is 2.46 bits per heavy atom. The van der Waals surface area contributed by atoms with E-state index in [2.05, 4.69) is 15.5 Å². The van der Waals surface area contributed by atoms with E-state index in [9.17, 15) is 9.59 Å². The van der Waals surface area contributed by atoms with Crippen molar-refractivity contribution < 1.29 is 9.59 Å². The molecule has 1 saturated heterocycles. The van der Waals surface area contributed by atoms with Gasteiger partial charge in [-0.1, -0.05) is 11.6 Å². The first-order valence-electron chi connectivity index (χ1n) is 8.91. The normalized spacial score (nSPS) is 14.7. The van der Waals surface area contributed by atoms with Gasteiger partial charge in [0.15, 0.2) is 4.80 Å². The zero-order valence-electron chi connectivity index (χ0n) is 15.6. The maximum absolute atomic E-state index is 12.3. The smallest absolute Gasteiger partial charge is 0.319 e. The van der Waals surface area contributed by atoms with E-state index < -0.39 is 6.03 Å². The number of hydrogen-bond acceptors (Lipinski definition) is 5. The van der Waals surface area contributed by atoms with E-state index in [1.54, 1.807) is 29.2 Å². The highest BCUT2D eigenvalue weighted by molar-refractivity contribution is 7.07. The fraction of sp³-hybridized carbons (Fsp3) is 0.389. The summed E-state index contributed by atoms with van der Waals surface area (Å²) >= 11 is 7.23. The van der Waals surface area contributed by atoms with Crippen molar-refractivity contribution in [2.75, 3.05) is 38.0 Å². The molecule has 0 radical (unpaired) electrons. The zero-order valence-corrected chi connectivity index (χ0v) is 17.1. The lowest BCUT2D eigenvalue weighted by Crippen LogP contribution is -2.51. The molecule has 1 aliphatic rings. The van der Waals surface area contributed by atoms with Gasteiger partial charge in [-0.2, -0.15) is 0 Å². The van der Waals surface area contributed by atoms with Crippen LogP contribution in [0.3, 0.4) is 0 Å². The molecule has 8 nitrogen and oxygen atoms in total. The third-order valence-corrected chi connectivity index (χ3v) is 5.79. The Morgan fingerprint density at radius 1 is 1.18 bits per heavy atom. The molecule has 3 N–H and O–H groups in total. The molecule has 0 unspecified atom stereocenters. The van der Waals surface area contributed by atoms with Crippen LogP contribution >= 0.6 is 22.9 Å². The predicted molar refractivity (Wildman–Crippen MR) is 109 cm³/mol. The van der Waals surface area contributed by atoms with E-state index in [4.69, 9.17) is 17.0 Å². The second-order valence-corrected chi connectivity index (χ2v) is 7.86. The van der Waals surface area contributed by atoms with E-state index in [-0.39, 0.29) is 12.5 Å². The number of urea groups is 1. The van der Waals surface area contributed by atoms with Crippen LogP contribution in [0.15, 0.2) is 29.6 Å². The second kappa shape index (κ2) is 9.22. The first-order chi connectivity index (χ1) is 13.4. The van der Waals surface area contributed by atoms with Gasteiger partial charge in [-0.05, 0) is 24.3 Å². The number of aromatic nitrogens is 1. The highest BCUT2D eigenvalue weighted by atomic mass is 35.5. The van der Waals surface area contributed by atoms with E-state index >= 15 is 0 Å². The van der Waals surface area contributed by atoms with Crippen LogP contribution in [0.5, 0.6) is 0 Å². The first kappa shape index (κ1) is 20.4. The van der Waals surface area contributed by atoms with Gasteiger partial charge in [-0.3, -0.25) is 15.1 Å². The van der Waals surface area contributed by atoms with E-state index in [0.717, 1.165) is 25.3 Å². The Bertz CT molecular complexity index is 886. The molecule has 2 aromatic rings. The zero-order chi connectivity index (χ0) is 20.1. The molecule has 1 aromatic heterocycles. The highest BCUT2D eigenvalue weighted by Gasteiger charge is 2.22. The monoisotopic (exact) mass is 422 g/mol. The first-order valence-corrected chi connectivity index (χ1v) is 10.2. The number of benzene rings is 1. The molecule has 2 heterocycles.